The van der Waals surface area contributed by atoms with Gasteiger partial charge in [0.2, 0.25) is 0 Å². The highest BCUT2D eigenvalue weighted by Gasteiger charge is 2.32. The Bertz CT molecular complexity index is 387. The maximum absolute atomic E-state index is 12.3. The molecular weight excluding hydrogens is 247 g/mol. The minimum atomic E-state index is -4.35. The molecule has 4 nitrogen and oxygen atoms in total. The molecule has 102 valence electrons. The summed E-state index contributed by atoms with van der Waals surface area (Å²) in [6.07, 6.45) is 0.244. The average molecular weight is 263 g/mol. The van der Waals surface area contributed by atoms with Crippen molar-refractivity contribution in [1.82, 2.24) is 15.1 Å². The molecule has 0 amide bonds. The van der Waals surface area contributed by atoms with E-state index >= 15 is 0 Å². The van der Waals surface area contributed by atoms with Crippen LogP contribution < -0.4 is 5.32 Å². The van der Waals surface area contributed by atoms with Gasteiger partial charge in [-0.3, -0.25) is 4.68 Å². The van der Waals surface area contributed by atoms with Gasteiger partial charge in [0.15, 0.2) is 0 Å². The van der Waals surface area contributed by atoms with Crippen LogP contribution in [0.4, 0.5) is 13.2 Å². The van der Waals surface area contributed by atoms with Crippen molar-refractivity contribution >= 4 is 0 Å². The number of halogens is 3. The number of nitrogens with zero attached hydrogens (tertiary/aromatic N) is 2. The van der Waals surface area contributed by atoms with Crippen LogP contribution in [0.25, 0.3) is 0 Å². The number of aliphatic hydroxyl groups excluding tert-OH is 1. The zero-order valence-electron chi connectivity index (χ0n) is 9.82. The van der Waals surface area contributed by atoms with Gasteiger partial charge in [0.1, 0.15) is 0 Å². The van der Waals surface area contributed by atoms with Crippen LogP contribution in [0.1, 0.15) is 24.8 Å². The summed E-state index contributed by atoms with van der Waals surface area (Å²) in [6, 6.07) is 0.390. The van der Waals surface area contributed by atoms with Crippen molar-refractivity contribution in [3.8, 4) is 0 Å². The van der Waals surface area contributed by atoms with Gasteiger partial charge < -0.3 is 10.4 Å². The zero-order chi connectivity index (χ0) is 13.2. The highest BCUT2D eigenvalue weighted by atomic mass is 19.4. The summed E-state index contributed by atoms with van der Waals surface area (Å²) in [5, 5.41) is 16.0. The van der Waals surface area contributed by atoms with Crippen LogP contribution in [-0.2, 0) is 12.7 Å². The lowest BCUT2D eigenvalue weighted by Crippen LogP contribution is -2.35. The minimum Gasteiger partial charge on any atom is -0.395 e. The second-order valence-electron chi connectivity index (χ2n) is 4.60. The van der Waals surface area contributed by atoms with E-state index in [9.17, 15) is 13.2 Å². The highest BCUT2D eigenvalue weighted by Crippen LogP contribution is 2.28. The lowest BCUT2D eigenvalue weighted by atomic mass is 10.2. The fraction of sp³-hybridized carbons (Fsp3) is 0.727. The molecule has 1 fully saturated rings. The van der Waals surface area contributed by atoms with Crippen molar-refractivity contribution in [1.29, 1.82) is 0 Å². The number of rotatable bonds is 6. The fourth-order valence-corrected chi connectivity index (χ4v) is 1.73. The Morgan fingerprint density at radius 1 is 1.50 bits per heavy atom. The van der Waals surface area contributed by atoms with Crippen molar-refractivity contribution in [2.24, 2.45) is 0 Å². The Balaban J connectivity index is 1.83. The molecule has 0 spiro atoms. The summed E-state index contributed by atoms with van der Waals surface area (Å²) in [5.74, 6) is 0. The number of hydrogen-bond acceptors (Lipinski definition) is 3. The van der Waals surface area contributed by atoms with Gasteiger partial charge in [0.25, 0.3) is 0 Å². The lowest BCUT2D eigenvalue weighted by molar-refractivity contribution is -0.137. The van der Waals surface area contributed by atoms with Crippen LogP contribution in [0.2, 0.25) is 0 Å². The molecule has 0 bridgehead atoms. The normalized spacial score (nSPS) is 18.0. The van der Waals surface area contributed by atoms with E-state index in [0.29, 0.717) is 19.0 Å². The third kappa shape index (κ3) is 3.71. The summed E-state index contributed by atoms with van der Waals surface area (Å²) >= 11 is 0. The van der Waals surface area contributed by atoms with Gasteiger partial charge in [-0.15, -0.1) is 0 Å². The van der Waals surface area contributed by atoms with Crippen molar-refractivity contribution in [3.63, 3.8) is 0 Å². The zero-order valence-corrected chi connectivity index (χ0v) is 9.82. The molecular formula is C11H16F3N3O. The van der Waals surface area contributed by atoms with Crippen molar-refractivity contribution in [2.45, 2.75) is 44.1 Å². The van der Waals surface area contributed by atoms with Crippen LogP contribution in [0.3, 0.4) is 0 Å². The van der Waals surface area contributed by atoms with E-state index in [1.54, 1.807) is 0 Å². The van der Waals surface area contributed by atoms with E-state index in [2.05, 4.69) is 10.4 Å². The summed E-state index contributed by atoms with van der Waals surface area (Å²) < 4.78 is 38.3. The van der Waals surface area contributed by atoms with Crippen LogP contribution in [0.5, 0.6) is 0 Å². The van der Waals surface area contributed by atoms with Crippen LogP contribution in [-0.4, -0.2) is 33.6 Å². The van der Waals surface area contributed by atoms with Crippen LogP contribution in [0, 0.1) is 0 Å². The molecule has 1 heterocycles. The quantitative estimate of drug-likeness (QED) is 0.815. The number of alkyl halides is 3. The molecule has 18 heavy (non-hydrogen) atoms. The number of hydrogen-bond donors (Lipinski definition) is 2. The Morgan fingerprint density at radius 2 is 2.22 bits per heavy atom. The molecule has 7 heteroatoms. The lowest BCUT2D eigenvalue weighted by Gasteiger charge is -2.15. The first-order chi connectivity index (χ1) is 8.49. The topological polar surface area (TPSA) is 50.1 Å². The maximum Gasteiger partial charge on any atom is 0.419 e. The third-order valence-corrected chi connectivity index (χ3v) is 2.94. The minimum absolute atomic E-state index is 0.0100. The first-order valence-electron chi connectivity index (χ1n) is 5.95. The molecule has 2 rings (SSSR count). The molecule has 1 saturated carbocycles. The average Bonchev–Trinajstić information content (AvgIpc) is 2.97. The standard InChI is InChI=1S/C11H16F3N3O/c12-11(13,14)8-5-15-17(6-8)4-3-10(7-18)16-9-1-2-9/h5-6,9-10,16,18H,1-4,7H2. The summed E-state index contributed by atoms with van der Waals surface area (Å²) in [5.41, 5.74) is -0.738. The number of aliphatic hydroxyl groups is 1. The maximum atomic E-state index is 12.3. The van der Waals surface area contributed by atoms with E-state index in [-0.39, 0.29) is 12.6 Å². The highest BCUT2D eigenvalue weighted by molar-refractivity contribution is 5.08. The predicted molar refractivity (Wildman–Crippen MR) is 58.9 cm³/mol. The Morgan fingerprint density at radius 3 is 2.72 bits per heavy atom. The first-order valence-corrected chi connectivity index (χ1v) is 5.95. The molecule has 1 aromatic heterocycles. The summed E-state index contributed by atoms with van der Waals surface area (Å²) in [6.45, 7) is 0.352. The van der Waals surface area contributed by atoms with E-state index in [0.717, 1.165) is 25.2 Å². The van der Waals surface area contributed by atoms with Gasteiger partial charge >= 0.3 is 6.18 Å². The van der Waals surface area contributed by atoms with E-state index in [1.807, 2.05) is 0 Å². The number of nitrogens with one attached hydrogen (secondary N) is 1. The van der Waals surface area contributed by atoms with Crippen molar-refractivity contribution in [3.05, 3.63) is 18.0 Å². The van der Waals surface area contributed by atoms with Crippen molar-refractivity contribution in [2.75, 3.05) is 6.61 Å². The van der Waals surface area contributed by atoms with Gasteiger partial charge in [-0.25, -0.2) is 0 Å². The van der Waals surface area contributed by atoms with E-state index in [4.69, 9.17) is 5.11 Å². The van der Waals surface area contributed by atoms with Gasteiger partial charge in [-0.05, 0) is 19.3 Å². The van der Waals surface area contributed by atoms with Gasteiger partial charge in [-0.2, -0.15) is 18.3 Å². The second kappa shape index (κ2) is 5.27. The molecule has 0 aromatic carbocycles. The summed E-state index contributed by atoms with van der Waals surface area (Å²) in [7, 11) is 0. The van der Waals surface area contributed by atoms with E-state index < -0.39 is 11.7 Å². The molecule has 0 radical (unpaired) electrons. The summed E-state index contributed by atoms with van der Waals surface area (Å²) in [4.78, 5) is 0. The second-order valence-corrected chi connectivity index (χ2v) is 4.60. The Kier molecular flexibility index (Phi) is 3.91. The monoisotopic (exact) mass is 263 g/mol. The van der Waals surface area contributed by atoms with Crippen molar-refractivity contribution < 1.29 is 18.3 Å². The van der Waals surface area contributed by atoms with Gasteiger partial charge in [0.05, 0.1) is 18.4 Å². The van der Waals surface area contributed by atoms with Crippen LogP contribution >= 0.6 is 0 Å². The number of aromatic nitrogens is 2. The third-order valence-electron chi connectivity index (χ3n) is 2.94. The molecule has 1 aliphatic carbocycles. The Hall–Kier alpha value is -1.08. The fourth-order valence-electron chi connectivity index (χ4n) is 1.73. The van der Waals surface area contributed by atoms with Crippen LogP contribution in [0.15, 0.2) is 12.4 Å². The SMILES string of the molecule is OCC(CCn1cc(C(F)(F)F)cn1)NC1CC1. The predicted octanol–water partition coefficient (Wildman–Crippen LogP) is 1.40. The number of aryl methyl sites for hydroxylation is 1. The first kappa shape index (κ1) is 13.4. The molecule has 2 N–H and O–H groups in total. The molecule has 1 atom stereocenters. The molecule has 1 aromatic rings. The Labute approximate surface area is 103 Å². The molecule has 0 saturated heterocycles. The molecule has 0 aliphatic heterocycles. The smallest absolute Gasteiger partial charge is 0.395 e. The molecule has 1 aliphatic rings. The van der Waals surface area contributed by atoms with Gasteiger partial charge in [-0.1, -0.05) is 0 Å². The molecule has 1 unspecified atom stereocenters. The largest absolute Gasteiger partial charge is 0.419 e. The van der Waals surface area contributed by atoms with E-state index in [1.165, 1.54) is 4.68 Å². The van der Waals surface area contributed by atoms with Gasteiger partial charge in [0, 0.05) is 24.8 Å².